The fourth-order valence-electron chi connectivity index (χ4n) is 3.18. The van der Waals surface area contributed by atoms with Crippen molar-refractivity contribution in [3.63, 3.8) is 0 Å². The Hall–Kier alpha value is -0.860. The maximum Gasteiger partial charge on any atom is 0.0479 e. The lowest BCUT2D eigenvalue weighted by molar-refractivity contribution is 0.183. The molecule has 2 atom stereocenters. The third kappa shape index (κ3) is 1.40. The normalized spacial score (nSPS) is 29.9. The lowest BCUT2D eigenvalue weighted by Gasteiger charge is -2.38. The van der Waals surface area contributed by atoms with Crippen LogP contribution in [0.2, 0.25) is 0 Å². The Morgan fingerprint density at radius 3 is 3.07 bits per heavy atom. The molecule has 0 saturated carbocycles. The SMILES string of the molecule is CN[C@@H]1c2ccccc2CN2CCC[C@H]12. The molecule has 3 rings (SSSR count). The van der Waals surface area contributed by atoms with Gasteiger partial charge < -0.3 is 5.32 Å². The topological polar surface area (TPSA) is 15.3 Å². The first-order valence-electron chi connectivity index (χ1n) is 5.89. The largest absolute Gasteiger partial charge is 0.312 e. The number of hydrogen-bond acceptors (Lipinski definition) is 2. The van der Waals surface area contributed by atoms with Crippen LogP contribution in [0.4, 0.5) is 0 Å². The molecule has 2 aliphatic heterocycles. The standard InChI is InChI=1S/C13H18N2/c1-14-13-11-6-3-2-5-10(11)9-15-8-4-7-12(13)15/h2-3,5-6,12-14H,4,7-9H2,1H3/t12-,13-/m1/s1. The summed E-state index contributed by atoms with van der Waals surface area (Å²) in [4.78, 5) is 2.63. The fraction of sp³-hybridized carbons (Fsp3) is 0.538. The predicted octanol–water partition coefficient (Wildman–Crippen LogP) is 1.93. The summed E-state index contributed by atoms with van der Waals surface area (Å²) in [6.45, 7) is 2.43. The third-order valence-electron chi connectivity index (χ3n) is 3.87. The van der Waals surface area contributed by atoms with Gasteiger partial charge >= 0.3 is 0 Å². The van der Waals surface area contributed by atoms with Gasteiger partial charge in [-0.3, -0.25) is 4.90 Å². The van der Waals surface area contributed by atoms with Crippen LogP contribution in [0.15, 0.2) is 24.3 Å². The minimum Gasteiger partial charge on any atom is -0.312 e. The summed E-state index contributed by atoms with van der Waals surface area (Å²) in [6, 6.07) is 10.1. The summed E-state index contributed by atoms with van der Waals surface area (Å²) < 4.78 is 0. The van der Waals surface area contributed by atoms with Gasteiger partial charge in [0.2, 0.25) is 0 Å². The number of likely N-dealkylation sites (N-methyl/N-ethyl adjacent to an activating group) is 1. The van der Waals surface area contributed by atoms with Crippen LogP contribution in [0.5, 0.6) is 0 Å². The Labute approximate surface area is 91.3 Å². The number of nitrogens with one attached hydrogen (secondary N) is 1. The molecule has 1 N–H and O–H groups in total. The van der Waals surface area contributed by atoms with Gasteiger partial charge in [-0.05, 0) is 37.6 Å². The second-order valence-corrected chi connectivity index (χ2v) is 4.65. The van der Waals surface area contributed by atoms with Gasteiger partial charge in [-0.2, -0.15) is 0 Å². The van der Waals surface area contributed by atoms with Crippen molar-refractivity contribution in [2.24, 2.45) is 0 Å². The first-order chi connectivity index (χ1) is 7.40. The lowest BCUT2D eigenvalue weighted by atomic mass is 9.89. The molecule has 2 heterocycles. The molecule has 2 nitrogen and oxygen atoms in total. The van der Waals surface area contributed by atoms with E-state index in [9.17, 15) is 0 Å². The van der Waals surface area contributed by atoms with E-state index in [4.69, 9.17) is 0 Å². The highest BCUT2D eigenvalue weighted by Crippen LogP contribution is 2.36. The van der Waals surface area contributed by atoms with Crippen molar-refractivity contribution >= 4 is 0 Å². The van der Waals surface area contributed by atoms with E-state index in [0.717, 1.165) is 12.6 Å². The first kappa shape index (κ1) is 9.37. The predicted molar refractivity (Wildman–Crippen MR) is 61.7 cm³/mol. The molecule has 2 heteroatoms. The van der Waals surface area contributed by atoms with Crippen LogP contribution in [-0.2, 0) is 6.54 Å². The van der Waals surface area contributed by atoms with Crippen LogP contribution in [0.25, 0.3) is 0 Å². The van der Waals surface area contributed by atoms with Crippen molar-refractivity contribution in [2.75, 3.05) is 13.6 Å². The minimum atomic E-state index is 0.539. The zero-order chi connectivity index (χ0) is 10.3. The van der Waals surface area contributed by atoms with E-state index < -0.39 is 0 Å². The number of hydrogen-bond donors (Lipinski definition) is 1. The first-order valence-corrected chi connectivity index (χ1v) is 5.89. The molecule has 0 aromatic heterocycles. The molecule has 0 unspecified atom stereocenters. The van der Waals surface area contributed by atoms with Gasteiger partial charge in [-0.25, -0.2) is 0 Å². The summed E-state index contributed by atoms with van der Waals surface area (Å²) in [5, 5.41) is 3.49. The maximum atomic E-state index is 3.49. The van der Waals surface area contributed by atoms with Gasteiger partial charge in [0.05, 0.1) is 0 Å². The summed E-state index contributed by atoms with van der Waals surface area (Å²) in [5.74, 6) is 0. The average Bonchev–Trinajstić information content (AvgIpc) is 2.73. The zero-order valence-corrected chi connectivity index (χ0v) is 9.24. The van der Waals surface area contributed by atoms with Crippen molar-refractivity contribution in [1.82, 2.24) is 10.2 Å². The van der Waals surface area contributed by atoms with E-state index in [2.05, 4.69) is 41.5 Å². The number of nitrogens with zero attached hydrogens (tertiary/aromatic N) is 1. The molecule has 0 spiro atoms. The van der Waals surface area contributed by atoms with Crippen molar-refractivity contribution in [1.29, 1.82) is 0 Å². The van der Waals surface area contributed by atoms with Gasteiger partial charge in [0.25, 0.3) is 0 Å². The van der Waals surface area contributed by atoms with Crippen molar-refractivity contribution in [2.45, 2.75) is 31.5 Å². The maximum absolute atomic E-state index is 3.49. The van der Waals surface area contributed by atoms with Crippen LogP contribution >= 0.6 is 0 Å². The van der Waals surface area contributed by atoms with Gasteiger partial charge in [0, 0.05) is 18.6 Å². The second kappa shape index (κ2) is 3.62. The van der Waals surface area contributed by atoms with Gasteiger partial charge in [-0.15, -0.1) is 0 Å². The molecule has 1 fully saturated rings. The number of benzene rings is 1. The van der Waals surface area contributed by atoms with Gasteiger partial charge in [-0.1, -0.05) is 24.3 Å². The van der Waals surface area contributed by atoms with E-state index in [-0.39, 0.29) is 0 Å². The number of rotatable bonds is 1. The molecule has 1 aromatic carbocycles. The summed E-state index contributed by atoms with van der Waals surface area (Å²) in [7, 11) is 2.09. The van der Waals surface area contributed by atoms with Gasteiger partial charge in [0.1, 0.15) is 0 Å². The quantitative estimate of drug-likeness (QED) is 0.748. The summed E-state index contributed by atoms with van der Waals surface area (Å²) >= 11 is 0. The highest BCUT2D eigenvalue weighted by atomic mass is 15.2. The summed E-state index contributed by atoms with van der Waals surface area (Å²) in [6.07, 6.45) is 2.71. The molecule has 0 bridgehead atoms. The van der Waals surface area contributed by atoms with Crippen LogP contribution in [0.1, 0.15) is 30.0 Å². The molecule has 0 aliphatic carbocycles. The Morgan fingerprint density at radius 1 is 1.33 bits per heavy atom. The molecular formula is C13H18N2. The monoisotopic (exact) mass is 202 g/mol. The molecule has 15 heavy (non-hydrogen) atoms. The molecule has 0 amide bonds. The molecule has 80 valence electrons. The molecule has 1 saturated heterocycles. The minimum absolute atomic E-state index is 0.539. The Bertz CT molecular complexity index is 361. The van der Waals surface area contributed by atoms with Crippen LogP contribution in [0.3, 0.4) is 0 Å². The zero-order valence-electron chi connectivity index (χ0n) is 9.24. The van der Waals surface area contributed by atoms with E-state index >= 15 is 0 Å². The Balaban J connectivity index is 2.03. The molecule has 2 aliphatic rings. The highest BCUT2D eigenvalue weighted by Gasteiger charge is 2.36. The van der Waals surface area contributed by atoms with Crippen LogP contribution < -0.4 is 5.32 Å². The number of fused-ring (bicyclic) bond motifs is 2. The fourth-order valence-corrected chi connectivity index (χ4v) is 3.18. The van der Waals surface area contributed by atoms with E-state index in [0.29, 0.717) is 6.04 Å². The Morgan fingerprint density at radius 2 is 2.20 bits per heavy atom. The Kier molecular flexibility index (Phi) is 2.26. The highest BCUT2D eigenvalue weighted by molar-refractivity contribution is 5.34. The van der Waals surface area contributed by atoms with E-state index in [1.165, 1.54) is 30.5 Å². The molecule has 0 radical (unpaired) electrons. The second-order valence-electron chi connectivity index (χ2n) is 4.65. The van der Waals surface area contributed by atoms with Crippen molar-refractivity contribution in [3.05, 3.63) is 35.4 Å². The van der Waals surface area contributed by atoms with Crippen molar-refractivity contribution in [3.8, 4) is 0 Å². The molecular weight excluding hydrogens is 184 g/mol. The van der Waals surface area contributed by atoms with Crippen molar-refractivity contribution < 1.29 is 0 Å². The summed E-state index contributed by atoms with van der Waals surface area (Å²) in [5.41, 5.74) is 3.03. The van der Waals surface area contributed by atoms with E-state index in [1.807, 2.05) is 0 Å². The molecule has 1 aromatic rings. The van der Waals surface area contributed by atoms with Crippen LogP contribution in [-0.4, -0.2) is 24.5 Å². The van der Waals surface area contributed by atoms with Gasteiger partial charge in [0.15, 0.2) is 0 Å². The smallest absolute Gasteiger partial charge is 0.0479 e. The van der Waals surface area contributed by atoms with Crippen LogP contribution in [0, 0.1) is 0 Å². The van der Waals surface area contributed by atoms with E-state index in [1.54, 1.807) is 0 Å². The lowest BCUT2D eigenvalue weighted by Crippen LogP contribution is -2.43. The third-order valence-corrected chi connectivity index (χ3v) is 3.87. The average molecular weight is 202 g/mol.